The fourth-order valence-electron chi connectivity index (χ4n) is 4.51. The van der Waals surface area contributed by atoms with Crippen molar-refractivity contribution in [3.05, 3.63) is 76.4 Å². The smallest absolute Gasteiger partial charge is 0.320 e. The van der Waals surface area contributed by atoms with E-state index in [1.807, 2.05) is 53.2 Å². The van der Waals surface area contributed by atoms with Gasteiger partial charge in [0.05, 0.1) is 17.4 Å². The highest BCUT2D eigenvalue weighted by molar-refractivity contribution is 6.30. The molecule has 0 unspecified atom stereocenters. The zero-order valence-corrected chi connectivity index (χ0v) is 17.3. The average Bonchev–Trinajstić information content (AvgIpc) is 3.46. The molecule has 2 aliphatic rings. The molecule has 5 rings (SSSR count). The number of nitrogens with one attached hydrogen (secondary N) is 3. The fourth-order valence-corrected chi connectivity index (χ4v) is 4.70. The number of carbonyl (C=O) groups excluding carboxylic acids is 1. The molecule has 2 aromatic carbocycles. The number of hydrogen-bond donors (Lipinski definition) is 3. The number of amides is 2. The first-order valence-corrected chi connectivity index (χ1v) is 10.8. The maximum atomic E-state index is 13.0. The topological polar surface area (TPSA) is 71.0 Å². The molecule has 3 N–H and O–H groups in total. The number of fused-ring (bicyclic) bond motifs is 1. The first-order valence-electron chi connectivity index (χ1n) is 10.4. The Bertz CT molecular complexity index is 1060. The summed E-state index contributed by atoms with van der Waals surface area (Å²) in [5.74, 6) is 0.954. The largest absolute Gasteiger partial charge is 0.333 e. The lowest BCUT2D eigenvalue weighted by atomic mass is 9.94. The van der Waals surface area contributed by atoms with Crippen molar-refractivity contribution in [1.82, 2.24) is 20.4 Å². The molecule has 1 aliphatic carbocycles. The maximum Gasteiger partial charge on any atom is 0.320 e. The van der Waals surface area contributed by atoms with Gasteiger partial charge in [0.2, 0.25) is 0 Å². The predicted molar refractivity (Wildman–Crippen MR) is 119 cm³/mol. The van der Waals surface area contributed by atoms with E-state index in [4.69, 9.17) is 16.7 Å². The van der Waals surface area contributed by atoms with Crippen molar-refractivity contribution >= 4 is 23.4 Å². The molecule has 6 nitrogen and oxygen atoms in total. The lowest BCUT2D eigenvalue weighted by molar-refractivity contribution is 0.248. The van der Waals surface area contributed by atoms with Gasteiger partial charge in [0.1, 0.15) is 5.82 Å². The third kappa shape index (κ3) is 3.68. The Morgan fingerprint density at radius 1 is 1.10 bits per heavy atom. The van der Waals surface area contributed by atoms with Crippen molar-refractivity contribution in [1.29, 1.82) is 0 Å². The molecule has 1 fully saturated rings. The summed E-state index contributed by atoms with van der Waals surface area (Å²) in [5, 5.41) is 15.1. The number of para-hydroxylation sites is 1. The lowest BCUT2D eigenvalue weighted by Gasteiger charge is -2.21. The second kappa shape index (κ2) is 8.13. The van der Waals surface area contributed by atoms with E-state index < -0.39 is 0 Å². The van der Waals surface area contributed by atoms with E-state index in [1.54, 1.807) is 0 Å². The quantitative estimate of drug-likeness (QED) is 0.598. The summed E-state index contributed by atoms with van der Waals surface area (Å²) in [7, 11) is 0. The Labute approximate surface area is 180 Å². The number of benzene rings is 2. The van der Waals surface area contributed by atoms with Gasteiger partial charge in [-0.1, -0.05) is 41.9 Å². The fraction of sp³-hybridized carbons (Fsp3) is 0.304. The second-order valence-corrected chi connectivity index (χ2v) is 8.34. The third-order valence-electron chi connectivity index (χ3n) is 5.95. The number of halogens is 1. The first kappa shape index (κ1) is 19.2. The minimum atomic E-state index is -0.206. The summed E-state index contributed by atoms with van der Waals surface area (Å²) < 4.78 is 1.85. The van der Waals surface area contributed by atoms with Crippen molar-refractivity contribution in [2.75, 3.05) is 18.4 Å². The van der Waals surface area contributed by atoms with E-state index in [0.717, 1.165) is 60.7 Å². The minimum Gasteiger partial charge on any atom is -0.333 e. The Morgan fingerprint density at radius 3 is 2.80 bits per heavy atom. The van der Waals surface area contributed by atoms with Crippen molar-refractivity contribution in [2.45, 2.75) is 31.2 Å². The van der Waals surface area contributed by atoms with Gasteiger partial charge in [0.15, 0.2) is 0 Å². The first-order chi connectivity index (χ1) is 14.7. The Hall–Kier alpha value is -2.83. The molecule has 0 bridgehead atoms. The van der Waals surface area contributed by atoms with Crippen molar-refractivity contribution < 1.29 is 4.79 Å². The summed E-state index contributed by atoms with van der Waals surface area (Å²) >= 11 is 6.17. The van der Waals surface area contributed by atoms with E-state index in [1.165, 1.54) is 0 Å². The highest BCUT2D eigenvalue weighted by atomic mass is 35.5. The molecule has 0 saturated carbocycles. The lowest BCUT2D eigenvalue weighted by Crippen LogP contribution is -2.42. The minimum absolute atomic E-state index is 0.00962. The Balaban J connectivity index is 1.36. The zero-order valence-electron chi connectivity index (χ0n) is 16.6. The molecule has 1 saturated heterocycles. The number of nitrogens with zero attached hydrogens (tertiary/aromatic N) is 2. The molecule has 1 aromatic heterocycles. The maximum absolute atomic E-state index is 13.0. The number of aryl methyl sites for hydroxylation is 1. The number of rotatable bonds is 4. The Kier molecular flexibility index (Phi) is 5.19. The molecule has 3 aromatic rings. The summed E-state index contributed by atoms with van der Waals surface area (Å²) in [4.78, 5) is 13.0. The van der Waals surface area contributed by atoms with Crippen LogP contribution in [-0.4, -0.2) is 34.9 Å². The molecule has 2 amide bonds. The van der Waals surface area contributed by atoms with E-state index >= 15 is 0 Å². The van der Waals surface area contributed by atoms with E-state index in [-0.39, 0.29) is 18.0 Å². The number of urea groups is 1. The molecule has 7 heteroatoms. The van der Waals surface area contributed by atoms with Gasteiger partial charge in [-0.2, -0.15) is 5.10 Å². The van der Waals surface area contributed by atoms with Crippen LogP contribution in [0.4, 0.5) is 10.6 Å². The standard InChI is InChI=1S/C23H24ClN5O/c24-16-7-4-6-15(12-16)19-13-25-14-21(19)26-23(30)27-22-18-10-5-11-20(18)28-29(22)17-8-2-1-3-9-17/h1-4,6-9,12,19,21,25H,5,10-11,13-14H2,(H2,26,27,30)/t19-,21+/m1/s1. The van der Waals surface area contributed by atoms with E-state index in [0.29, 0.717) is 5.02 Å². The SMILES string of the molecule is O=C(Nc1c2c(nn1-c1ccccc1)CCC2)N[C@H]1CNC[C@@H]1c1cccc(Cl)c1. The summed E-state index contributed by atoms with van der Waals surface area (Å²) in [6.07, 6.45) is 2.97. The molecule has 154 valence electrons. The van der Waals surface area contributed by atoms with Crippen LogP contribution in [0.15, 0.2) is 54.6 Å². The van der Waals surface area contributed by atoms with Crippen LogP contribution in [0, 0.1) is 0 Å². The van der Waals surface area contributed by atoms with Crippen molar-refractivity contribution in [3.63, 3.8) is 0 Å². The molecule has 2 atom stereocenters. The second-order valence-electron chi connectivity index (χ2n) is 7.90. The van der Waals surface area contributed by atoms with Crippen molar-refractivity contribution in [2.24, 2.45) is 0 Å². The highest BCUT2D eigenvalue weighted by Crippen LogP contribution is 2.31. The van der Waals surface area contributed by atoms with Crippen LogP contribution >= 0.6 is 11.6 Å². The molecular weight excluding hydrogens is 398 g/mol. The van der Waals surface area contributed by atoms with Gasteiger partial charge in [-0.25, -0.2) is 9.48 Å². The van der Waals surface area contributed by atoms with Gasteiger partial charge in [-0.3, -0.25) is 5.32 Å². The third-order valence-corrected chi connectivity index (χ3v) is 6.18. The van der Waals surface area contributed by atoms with Crippen LogP contribution in [0.2, 0.25) is 5.02 Å². The van der Waals surface area contributed by atoms with E-state index in [2.05, 4.69) is 22.0 Å². The van der Waals surface area contributed by atoms with Gasteiger partial charge in [0, 0.05) is 29.6 Å². The van der Waals surface area contributed by atoms with E-state index in [9.17, 15) is 4.79 Å². The zero-order chi connectivity index (χ0) is 20.5. The highest BCUT2D eigenvalue weighted by Gasteiger charge is 2.31. The van der Waals surface area contributed by atoms with Crippen LogP contribution in [0.1, 0.15) is 29.2 Å². The molecular formula is C23H24ClN5O. The average molecular weight is 422 g/mol. The van der Waals surface area contributed by atoms with Gasteiger partial charge in [0.25, 0.3) is 0 Å². The van der Waals surface area contributed by atoms with Crippen molar-refractivity contribution in [3.8, 4) is 5.69 Å². The normalized spacial score (nSPS) is 20.2. The molecule has 0 radical (unpaired) electrons. The molecule has 2 heterocycles. The van der Waals surface area contributed by atoms with Gasteiger partial charge >= 0.3 is 6.03 Å². The Morgan fingerprint density at radius 2 is 1.97 bits per heavy atom. The summed E-state index contributed by atoms with van der Waals surface area (Å²) in [6.45, 7) is 1.53. The summed E-state index contributed by atoms with van der Waals surface area (Å²) in [5.41, 5.74) is 4.30. The molecule has 30 heavy (non-hydrogen) atoms. The van der Waals surface area contributed by atoms with Crippen LogP contribution in [0.3, 0.4) is 0 Å². The number of hydrogen-bond acceptors (Lipinski definition) is 3. The van der Waals surface area contributed by atoms with Gasteiger partial charge < -0.3 is 10.6 Å². The van der Waals surface area contributed by atoms with Gasteiger partial charge in [-0.15, -0.1) is 0 Å². The monoisotopic (exact) mass is 421 g/mol. The number of anilines is 1. The number of aromatic nitrogens is 2. The predicted octanol–water partition coefficient (Wildman–Crippen LogP) is 3.89. The number of carbonyl (C=O) groups is 1. The summed E-state index contributed by atoms with van der Waals surface area (Å²) in [6, 6.07) is 17.6. The van der Waals surface area contributed by atoms with Gasteiger partial charge in [-0.05, 0) is 49.1 Å². The van der Waals surface area contributed by atoms with Crippen LogP contribution < -0.4 is 16.0 Å². The van der Waals surface area contributed by atoms with Crippen LogP contribution in [0.5, 0.6) is 0 Å². The molecule has 1 aliphatic heterocycles. The van der Waals surface area contributed by atoms with Crippen LogP contribution in [-0.2, 0) is 12.8 Å². The molecule has 0 spiro atoms. The van der Waals surface area contributed by atoms with Crippen LogP contribution in [0.25, 0.3) is 5.69 Å².